The quantitative estimate of drug-likeness (QED) is 0.374. The number of halogens is 2. The zero-order chi connectivity index (χ0) is 7.66. The summed E-state index contributed by atoms with van der Waals surface area (Å²) in [6, 6.07) is 0. The minimum Gasteiger partial charge on any atom is -0.127 e. The van der Waals surface area contributed by atoms with Gasteiger partial charge in [0.05, 0.1) is 0 Å². The molecule has 0 aliphatic carbocycles. The molecule has 10 heavy (non-hydrogen) atoms. The molecular formula is C8H16ClI. The van der Waals surface area contributed by atoms with Gasteiger partial charge in [0.2, 0.25) is 0 Å². The number of rotatable bonds is 7. The van der Waals surface area contributed by atoms with Crippen LogP contribution in [0.5, 0.6) is 0 Å². The van der Waals surface area contributed by atoms with Crippen molar-refractivity contribution in [3.63, 3.8) is 0 Å². The van der Waals surface area contributed by atoms with Crippen LogP contribution in [0.25, 0.3) is 0 Å². The maximum Gasteiger partial charge on any atom is 0.0223 e. The third kappa shape index (κ3) is 9.02. The van der Waals surface area contributed by atoms with E-state index >= 15 is 0 Å². The van der Waals surface area contributed by atoms with E-state index in [-0.39, 0.29) is 0 Å². The molecule has 0 nitrogen and oxygen atoms in total. The average molecular weight is 275 g/mol. The molecule has 0 aliphatic rings. The first-order chi connectivity index (χ1) is 4.91. The van der Waals surface area contributed by atoms with E-state index in [0.29, 0.717) is 0 Å². The van der Waals surface area contributed by atoms with E-state index in [9.17, 15) is 0 Å². The SMILES string of the molecule is ClCCCCCCCCI. The fourth-order valence-electron chi connectivity index (χ4n) is 0.896. The molecule has 0 amide bonds. The lowest BCUT2D eigenvalue weighted by molar-refractivity contribution is 0.630. The van der Waals surface area contributed by atoms with Crippen molar-refractivity contribution in [3.05, 3.63) is 0 Å². The maximum absolute atomic E-state index is 5.54. The second kappa shape index (κ2) is 10.0. The molecule has 0 aromatic carbocycles. The second-order valence-electron chi connectivity index (χ2n) is 2.50. The summed E-state index contributed by atoms with van der Waals surface area (Å²) >= 11 is 7.98. The van der Waals surface area contributed by atoms with Crippen LogP contribution in [0.15, 0.2) is 0 Å². The van der Waals surface area contributed by atoms with Crippen molar-refractivity contribution in [2.24, 2.45) is 0 Å². The predicted molar refractivity (Wildman–Crippen MR) is 57.3 cm³/mol. The molecule has 0 N–H and O–H groups in total. The van der Waals surface area contributed by atoms with Gasteiger partial charge in [-0.15, -0.1) is 11.6 Å². The Labute approximate surface area is 82.9 Å². The topological polar surface area (TPSA) is 0 Å². The Morgan fingerprint density at radius 3 is 1.80 bits per heavy atom. The Morgan fingerprint density at radius 1 is 0.800 bits per heavy atom. The minimum atomic E-state index is 0.840. The van der Waals surface area contributed by atoms with Crippen LogP contribution in [0.1, 0.15) is 38.5 Å². The van der Waals surface area contributed by atoms with Crippen molar-refractivity contribution in [3.8, 4) is 0 Å². The monoisotopic (exact) mass is 274 g/mol. The molecule has 0 saturated carbocycles. The highest BCUT2D eigenvalue weighted by molar-refractivity contribution is 14.1. The van der Waals surface area contributed by atoms with Gasteiger partial charge in [-0.3, -0.25) is 0 Å². The van der Waals surface area contributed by atoms with Crippen LogP contribution in [-0.2, 0) is 0 Å². The molecule has 0 aromatic rings. The standard InChI is InChI=1S/C8H16ClI/c9-7-5-3-1-2-4-6-8-10/h1-8H2. The van der Waals surface area contributed by atoms with E-state index in [1.807, 2.05) is 0 Å². The summed E-state index contributed by atoms with van der Waals surface area (Å²) < 4.78 is 1.31. The van der Waals surface area contributed by atoms with E-state index in [4.69, 9.17) is 11.6 Å². The third-order valence-corrected chi connectivity index (χ3v) is 2.55. The van der Waals surface area contributed by atoms with Gasteiger partial charge in [0.25, 0.3) is 0 Å². The first-order valence-electron chi connectivity index (χ1n) is 4.03. The molecule has 0 aliphatic heterocycles. The minimum absolute atomic E-state index is 0.840. The molecule has 0 rings (SSSR count). The van der Waals surface area contributed by atoms with E-state index in [0.717, 1.165) is 5.88 Å². The summed E-state index contributed by atoms with van der Waals surface area (Å²) in [5.74, 6) is 0.840. The molecule has 0 radical (unpaired) electrons. The van der Waals surface area contributed by atoms with Crippen LogP contribution < -0.4 is 0 Å². The molecule has 0 atom stereocenters. The van der Waals surface area contributed by atoms with Crippen molar-refractivity contribution < 1.29 is 0 Å². The van der Waals surface area contributed by atoms with E-state index in [1.165, 1.54) is 43.0 Å². The number of alkyl halides is 2. The summed E-state index contributed by atoms with van der Waals surface area (Å²) in [6.07, 6.45) is 8.10. The first kappa shape index (κ1) is 11.0. The molecule has 0 heterocycles. The maximum atomic E-state index is 5.54. The van der Waals surface area contributed by atoms with E-state index < -0.39 is 0 Å². The Bertz CT molecular complexity index is 49.2. The van der Waals surface area contributed by atoms with Gasteiger partial charge in [0, 0.05) is 5.88 Å². The lowest BCUT2D eigenvalue weighted by Crippen LogP contribution is -1.80. The average Bonchev–Trinajstić information content (AvgIpc) is 1.97. The zero-order valence-electron chi connectivity index (χ0n) is 6.41. The highest BCUT2D eigenvalue weighted by Crippen LogP contribution is 2.06. The van der Waals surface area contributed by atoms with Gasteiger partial charge in [0.15, 0.2) is 0 Å². The van der Waals surface area contributed by atoms with Crippen LogP contribution in [-0.4, -0.2) is 10.3 Å². The molecule has 0 unspecified atom stereocenters. The Kier molecular flexibility index (Phi) is 11.0. The van der Waals surface area contributed by atoms with Crippen molar-refractivity contribution in [2.75, 3.05) is 10.3 Å². The van der Waals surface area contributed by atoms with Gasteiger partial charge in [-0.2, -0.15) is 0 Å². The van der Waals surface area contributed by atoms with Gasteiger partial charge >= 0.3 is 0 Å². The highest BCUT2D eigenvalue weighted by atomic mass is 127. The summed E-state index contributed by atoms with van der Waals surface area (Å²) in [5.41, 5.74) is 0. The van der Waals surface area contributed by atoms with Crippen LogP contribution in [0, 0.1) is 0 Å². The molecule has 0 aromatic heterocycles. The molecule has 0 saturated heterocycles. The second-order valence-corrected chi connectivity index (χ2v) is 3.96. The van der Waals surface area contributed by atoms with E-state index in [2.05, 4.69) is 22.6 Å². The first-order valence-corrected chi connectivity index (χ1v) is 6.09. The molecule has 0 spiro atoms. The van der Waals surface area contributed by atoms with Gasteiger partial charge in [-0.1, -0.05) is 48.3 Å². The Balaban J connectivity index is 2.65. The fourth-order valence-corrected chi connectivity index (χ4v) is 1.62. The number of hydrogen-bond donors (Lipinski definition) is 0. The summed E-state index contributed by atoms with van der Waals surface area (Å²) in [6.45, 7) is 0. The van der Waals surface area contributed by atoms with Crippen LogP contribution in [0.2, 0.25) is 0 Å². The van der Waals surface area contributed by atoms with Crippen LogP contribution in [0.3, 0.4) is 0 Å². The van der Waals surface area contributed by atoms with Crippen LogP contribution in [0.4, 0.5) is 0 Å². The smallest absolute Gasteiger partial charge is 0.0223 e. The summed E-state index contributed by atoms with van der Waals surface area (Å²) in [4.78, 5) is 0. The van der Waals surface area contributed by atoms with Crippen molar-refractivity contribution >= 4 is 34.2 Å². The number of unbranched alkanes of at least 4 members (excludes halogenated alkanes) is 5. The Hall–Kier alpha value is 1.02. The lowest BCUT2D eigenvalue weighted by atomic mass is 10.1. The summed E-state index contributed by atoms with van der Waals surface area (Å²) in [5, 5.41) is 0. The van der Waals surface area contributed by atoms with Gasteiger partial charge in [-0.05, 0) is 17.3 Å². The molecular weight excluding hydrogens is 258 g/mol. The Morgan fingerprint density at radius 2 is 1.30 bits per heavy atom. The zero-order valence-corrected chi connectivity index (χ0v) is 9.33. The van der Waals surface area contributed by atoms with Gasteiger partial charge in [0.1, 0.15) is 0 Å². The summed E-state index contributed by atoms with van der Waals surface area (Å²) in [7, 11) is 0. The normalized spacial score (nSPS) is 10.2. The van der Waals surface area contributed by atoms with Crippen LogP contribution >= 0.6 is 34.2 Å². The largest absolute Gasteiger partial charge is 0.127 e. The number of hydrogen-bond acceptors (Lipinski definition) is 0. The predicted octanol–water partition coefficient (Wildman–Crippen LogP) is 4.00. The molecule has 0 fully saturated rings. The van der Waals surface area contributed by atoms with E-state index in [1.54, 1.807) is 0 Å². The highest BCUT2D eigenvalue weighted by Gasteiger charge is 1.88. The van der Waals surface area contributed by atoms with Crippen molar-refractivity contribution in [1.82, 2.24) is 0 Å². The molecule has 62 valence electrons. The van der Waals surface area contributed by atoms with Crippen molar-refractivity contribution in [2.45, 2.75) is 38.5 Å². The van der Waals surface area contributed by atoms with Gasteiger partial charge < -0.3 is 0 Å². The fraction of sp³-hybridized carbons (Fsp3) is 1.00. The van der Waals surface area contributed by atoms with Gasteiger partial charge in [-0.25, -0.2) is 0 Å². The van der Waals surface area contributed by atoms with Crippen molar-refractivity contribution in [1.29, 1.82) is 0 Å². The molecule has 0 bridgehead atoms. The third-order valence-electron chi connectivity index (χ3n) is 1.52. The lowest BCUT2D eigenvalue weighted by Gasteiger charge is -1.96. The molecule has 2 heteroatoms.